The van der Waals surface area contributed by atoms with Crippen LogP contribution in [0.4, 0.5) is 4.79 Å². The van der Waals surface area contributed by atoms with Crippen LogP contribution in [-0.4, -0.2) is 41.4 Å². The zero-order valence-corrected chi connectivity index (χ0v) is 9.57. The Morgan fingerprint density at radius 3 is 2.56 bits per heavy atom. The molecule has 3 N–H and O–H groups in total. The Morgan fingerprint density at radius 1 is 1.50 bits per heavy atom. The van der Waals surface area contributed by atoms with E-state index in [-0.39, 0.29) is 12.8 Å². The molecule has 0 rings (SSSR count). The number of hydrogen-bond acceptors (Lipinski definition) is 5. The summed E-state index contributed by atoms with van der Waals surface area (Å²) < 4.78 is 15.3. The second-order valence-electron chi connectivity index (χ2n) is 2.57. The first-order valence-corrected chi connectivity index (χ1v) is 6.04. The lowest BCUT2D eigenvalue weighted by Crippen LogP contribution is -2.28. The molecule has 0 heterocycles. The Kier molecular flexibility index (Phi) is 7.07. The zero-order valence-electron chi connectivity index (χ0n) is 8.67. The van der Waals surface area contributed by atoms with Crippen LogP contribution in [-0.2, 0) is 14.1 Å². The summed E-state index contributed by atoms with van der Waals surface area (Å²) in [4.78, 5) is 21.6. The second-order valence-corrected chi connectivity index (χ2v) is 4.19. The minimum atomic E-state index is -1.89. The number of alkyl carbamates (subject to hydrolysis) is 1. The monoisotopic (exact) mass is 250 g/mol. The maximum Gasteiger partial charge on any atom is 0.411 e. The Hall–Kier alpha value is -1.46. The molecule has 0 aromatic heterocycles. The summed E-state index contributed by atoms with van der Waals surface area (Å²) in [6.07, 6.45) is -0.484. The van der Waals surface area contributed by atoms with E-state index >= 15 is 0 Å². The summed E-state index contributed by atoms with van der Waals surface area (Å²) in [6, 6.07) is 0. The van der Waals surface area contributed by atoms with Gasteiger partial charge in [0.15, 0.2) is 6.16 Å². The van der Waals surface area contributed by atoms with E-state index in [9.17, 15) is 14.2 Å². The fourth-order valence-corrected chi connectivity index (χ4v) is 1.22. The number of ether oxygens (including phenoxy) is 1. The number of carbonyl (C=O) groups is 2. The molecule has 0 fully saturated rings. The van der Waals surface area contributed by atoms with Gasteiger partial charge in [0, 0.05) is 0 Å². The molecule has 16 heavy (non-hydrogen) atoms. The van der Waals surface area contributed by atoms with Crippen LogP contribution in [0.15, 0.2) is 11.8 Å². The third-order valence-electron chi connectivity index (χ3n) is 1.40. The van der Waals surface area contributed by atoms with Crippen molar-refractivity contribution >= 4 is 19.9 Å². The summed E-state index contributed by atoms with van der Waals surface area (Å²) >= 11 is 0. The number of amides is 1. The van der Waals surface area contributed by atoms with E-state index < -0.39 is 31.9 Å². The molecule has 0 saturated heterocycles. The molecule has 90 valence electrons. The predicted molar refractivity (Wildman–Crippen MR) is 55.4 cm³/mol. The van der Waals surface area contributed by atoms with Crippen molar-refractivity contribution in [1.29, 1.82) is 0 Å². The van der Waals surface area contributed by atoms with Gasteiger partial charge in [-0.1, -0.05) is 4.57 Å². The first-order valence-electron chi connectivity index (χ1n) is 4.41. The number of carboxylic acids is 1. The lowest BCUT2D eigenvalue weighted by Gasteiger charge is -2.04. The molecule has 0 radical (unpaired) electrons. The first-order chi connectivity index (χ1) is 7.51. The van der Waals surface area contributed by atoms with Gasteiger partial charge in [-0.25, -0.2) is 9.59 Å². The molecule has 1 unspecified atom stereocenters. The van der Waals surface area contributed by atoms with Gasteiger partial charge in [0.2, 0.25) is 6.35 Å². The third-order valence-corrected chi connectivity index (χ3v) is 2.30. The van der Waals surface area contributed by atoms with Crippen molar-refractivity contribution in [2.75, 3.05) is 19.1 Å². The molecule has 0 spiro atoms. The lowest BCUT2D eigenvalue weighted by atomic mass is 10.4. The van der Waals surface area contributed by atoms with Crippen molar-refractivity contribution in [3.8, 4) is 0 Å². The number of aliphatic carboxylic acids is 1. The molecule has 0 aliphatic heterocycles. The van der Waals surface area contributed by atoms with Crippen molar-refractivity contribution in [3.63, 3.8) is 0 Å². The highest BCUT2D eigenvalue weighted by atomic mass is 31.1. The van der Waals surface area contributed by atoms with Crippen molar-refractivity contribution < 1.29 is 29.1 Å². The van der Waals surface area contributed by atoms with Crippen molar-refractivity contribution in [3.05, 3.63) is 11.8 Å². The van der Waals surface area contributed by atoms with Crippen LogP contribution in [0.25, 0.3) is 0 Å². The number of aliphatic hydroxyl groups excluding tert-OH is 1. The molecule has 1 atom stereocenters. The van der Waals surface area contributed by atoms with Crippen LogP contribution < -0.4 is 5.32 Å². The quantitative estimate of drug-likeness (QED) is 0.466. The fourth-order valence-electron chi connectivity index (χ4n) is 0.720. The van der Waals surface area contributed by atoms with Crippen molar-refractivity contribution in [2.45, 2.75) is 6.92 Å². The molecule has 0 aliphatic rings. The van der Waals surface area contributed by atoms with Gasteiger partial charge in [-0.05, 0) is 13.0 Å². The van der Waals surface area contributed by atoms with Crippen LogP contribution >= 0.6 is 7.80 Å². The van der Waals surface area contributed by atoms with Gasteiger partial charge in [0.1, 0.15) is 5.70 Å². The van der Waals surface area contributed by atoms with Gasteiger partial charge >= 0.3 is 19.9 Å². The number of carbonyl (C=O) groups excluding carboxylic acids is 1. The van der Waals surface area contributed by atoms with E-state index in [0.29, 0.717) is 0 Å². The summed E-state index contributed by atoms with van der Waals surface area (Å²) in [5.41, 5.74) is -0.421. The van der Waals surface area contributed by atoms with Gasteiger partial charge < -0.3 is 14.9 Å². The highest BCUT2D eigenvalue weighted by Crippen LogP contribution is 2.17. The highest BCUT2D eigenvalue weighted by molar-refractivity contribution is 7.44. The van der Waals surface area contributed by atoms with Crippen molar-refractivity contribution in [2.24, 2.45) is 0 Å². The van der Waals surface area contributed by atoms with E-state index in [4.69, 9.17) is 10.2 Å². The summed E-state index contributed by atoms with van der Waals surface area (Å²) in [6.45, 7) is 1.69. The molecule has 8 heteroatoms. The summed E-state index contributed by atoms with van der Waals surface area (Å²) in [5, 5.41) is 19.1. The Balaban J connectivity index is 4.43. The lowest BCUT2D eigenvalue weighted by molar-refractivity contribution is -0.133. The normalized spacial score (nSPS) is 11.9. The van der Waals surface area contributed by atoms with Crippen LogP contribution in [0, 0.1) is 0 Å². The molecule has 7 nitrogen and oxygen atoms in total. The maximum absolute atomic E-state index is 10.9. The Bertz CT molecular complexity index is 314. The van der Waals surface area contributed by atoms with Crippen molar-refractivity contribution in [1.82, 2.24) is 5.32 Å². The van der Waals surface area contributed by atoms with Gasteiger partial charge in [-0.2, -0.15) is 0 Å². The molecule has 1 amide bonds. The van der Waals surface area contributed by atoms with E-state index in [1.54, 1.807) is 6.92 Å². The highest BCUT2D eigenvalue weighted by Gasteiger charge is 2.16. The largest absolute Gasteiger partial charge is 0.477 e. The maximum atomic E-state index is 10.9. The molecule has 0 saturated carbocycles. The predicted octanol–water partition coefficient (Wildman–Crippen LogP) is 0.478. The number of allylic oxidation sites excluding steroid dienone is 1. The first kappa shape index (κ1) is 14.5. The van der Waals surface area contributed by atoms with E-state index in [1.165, 1.54) is 0 Å². The smallest absolute Gasteiger partial charge is 0.411 e. The standard InChI is InChI=1S/C8H12NO6P/c1-2-15-8(13)9-6(7(11)12)3-4-16(14)5-10/h3,10H,2,4-5H2,1H3,(H-,9,11,12,13)/p+1/b6-3-. The molecule has 0 aromatic rings. The number of carboxylic acid groups (broad SMARTS) is 1. The van der Waals surface area contributed by atoms with Gasteiger partial charge in [-0.3, -0.25) is 5.32 Å². The second kappa shape index (κ2) is 7.78. The summed E-state index contributed by atoms with van der Waals surface area (Å²) in [5.74, 6) is -1.37. The Morgan fingerprint density at radius 2 is 2.12 bits per heavy atom. The minimum Gasteiger partial charge on any atom is -0.477 e. The minimum absolute atomic E-state index is 0.115. The van der Waals surface area contributed by atoms with Gasteiger partial charge in [0.05, 0.1) is 6.61 Å². The van der Waals surface area contributed by atoms with E-state index in [0.717, 1.165) is 6.08 Å². The van der Waals surface area contributed by atoms with Gasteiger partial charge in [0.25, 0.3) is 0 Å². The Labute approximate surface area is 92.9 Å². The van der Waals surface area contributed by atoms with E-state index in [2.05, 4.69) is 4.74 Å². The van der Waals surface area contributed by atoms with Crippen LogP contribution in [0.2, 0.25) is 0 Å². The summed E-state index contributed by atoms with van der Waals surface area (Å²) in [7, 11) is -1.89. The molecule has 0 aliphatic carbocycles. The average Bonchev–Trinajstić information content (AvgIpc) is 2.23. The molecule has 0 aromatic carbocycles. The topological polar surface area (TPSA) is 113 Å². The third kappa shape index (κ3) is 6.10. The number of nitrogens with one attached hydrogen (secondary N) is 1. The number of aliphatic hydroxyl groups is 1. The molecular formula is C8H13NO6P+. The van der Waals surface area contributed by atoms with Crippen LogP contribution in [0.3, 0.4) is 0 Å². The van der Waals surface area contributed by atoms with Gasteiger partial charge in [-0.15, -0.1) is 0 Å². The fraction of sp³-hybridized carbons (Fsp3) is 0.500. The molecular weight excluding hydrogens is 237 g/mol. The van der Waals surface area contributed by atoms with E-state index in [1.807, 2.05) is 5.32 Å². The zero-order chi connectivity index (χ0) is 12.6. The number of hydrogen-bond donors (Lipinski definition) is 3. The van der Waals surface area contributed by atoms with Crippen LogP contribution in [0.1, 0.15) is 6.92 Å². The van der Waals surface area contributed by atoms with Crippen LogP contribution in [0.5, 0.6) is 0 Å². The molecule has 0 bridgehead atoms. The average molecular weight is 250 g/mol. The SMILES string of the molecule is CCOC(=O)N/C(=C\C[P+](=O)CO)C(=O)O. The number of rotatable bonds is 6.